The van der Waals surface area contributed by atoms with E-state index in [1.807, 2.05) is 13.8 Å². The van der Waals surface area contributed by atoms with Gasteiger partial charge in [-0.3, -0.25) is 9.59 Å². The number of halogens is 1. The van der Waals surface area contributed by atoms with Gasteiger partial charge in [0.2, 0.25) is 5.91 Å². The molecule has 4 nitrogen and oxygen atoms in total. The predicted molar refractivity (Wildman–Crippen MR) is 93.3 cm³/mol. The van der Waals surface area contributed by atoms with Crippen molar-refractivity contribution < 1.29 is 9.18 Å². The van der Waals surface area contributed by atoms with Crippen molar-refractivity contribution in [2.45, 2.75) is 33.4 Å². The first-order valence-corrected chi connectivity index (χ1v) is 8.36. The molecule has 1 amide bonds. The molecule has 0 N–H and O–H groups in total. The van der Waals surface area contributed by atoms with Gasteiger partial charge < -0.3 is 9.47 Å². The van der Waals surface area contributed by atoms with Crippen molar-refractivity contribution in [1.29, 1.82) is 0 Å². The van der Waals surface area contributed by atoms with E-state index in [1.54, 1.807) is 16.7 Å². The number of aryl methyl sites for hydroxylation is 1. The molecule has 0 radical (unpaired) electrons. The lowest BCUT2D eigenvalue weighted by molar-refractivity contribution is -0.131. The van der Waals surface area contributed by atoms with Gasteiger partial charge in [0, 0.05) is 30.1 Å². The van der Waals surface area contributed by atoms with Crippen LogP contribution in [0, 0.1) is 32.0 Å². The maximum Gasteiger partial charge on any atom is 0.307 e. The summed E-state index contributed by atoms with van der Waals surface area (Å²) in [6.45, 7) is 4.58. The van der Waals surface area contributed by atoms with Crippen LogP contribution in [0.3, 0.4) is 0 Å². The molecule has 2 aromatic rings. The molecule has 0 bridgehead atoms. The molecular formula is C18H19FN2O2S. The Bertz CT molecular complexity index is 815. The molecule has 0 atom stereocenters. The Morgan fingerprint density at radius 3 is 2.54 bits per heavy atom. The van der Waals surface area contributed by atoms with Crippen molar-refractivity contribution in [2.24, 2.45) is 0 Å². The minimum absolute atomic E-state index is 0.0557. The minimum atomic E-state index is -0.323. The monoisotopic (exact) mass is 346 g/mol. The van der Waals surface area contributed by atoms with Crippen molar-refractivity contribution in [3.05, 3.63) is 55.9 Å². The zero-order valence-electron chi connectivity index (χ0n) is 13.7. The molecule has 0 saturated heterocycles. The van der Waals surface area contributed by atoms with Crippen LogP contribution in [0.4, 0.5) is 4.39 Å². The number of hydrogen-bond acceptors (Lipinski definition) is 3. The predicted octanol–water partition coefficient (Wildman–Crippen LogP) is 2.72. The normalized spacial score (nSPS) is 10.4. The molecule has 2 rings (SSSR count). The van der Waals surface area contributed by atoms with Crippen LogP contribution in [-0.2, 0) is 17.9 Å². The van der Waals surface area contributed by atoms with Gasteiger partial charge in [0.05, 0.1) is 6.54 Å². The Morgan fingerprint density at radius 2 is 2.00 bits per heavy atom. The highest BCUT2D eigenvalue weighted by molar-refractivity contribution is 7.09. The zero-order valence-corrected chi connectivity index (χ0v) is 14.5. The largest absolute Gasteiger partial charge is 0.327 e. The van der Waals surface area contributed by atoms with E-state index in [9.17, 15) is 14.0 Å². The number of rotatable bonds is 6. The van der Waals surface area contributed by atoms with Crippen LogP contribution in [0.5, 0.6) is 0 Å². The van der Waals surface area contributed by atoms with Crippen molar-refractivity contribution in [3.8, 4) is 12.3 Å². The molecule has 1 aromatic carbocycles. The highest BCUT2D eigenvalue weighted by Crippen LogP contribution is 2.11. The van der Waals surface area contributed by atoms with Gasteiger partial charge in [-0.2, -0.15) is 0 Å². The molecule has 6 heteroatoms. The molecule has 126 valence electrons. The molecule has 0 saturated carbocycles. The lowest BCUT2D eigenvalue weighted by Gasteiger charge is -2.20. The summed E-state index contributed by atoms with van der Waals surface area (Å²) in [5, 5.41) is 0. The average Bonchev–Trinajstić information content (AvgIpc) is 2.79. The summed E-state index contributed by atoms with van der Waals surface area (Å²) >= 11 is 1.18. The molecule has 0 aliphatic rings. The van der Waals surface area contributed by atoms with Gasteiger partial charge in [0.25, 0.3) is 0 Å². The van der Waals surface area contributed by atoms with Gasteiger partial charge in [-0.15, -0.1) is 6.42 Å². The van der Waals surface area contributed by atoms with Crippen LogP contribution in [0.2, 0.25) is 0 Å². The fraction of sp³-hybridized carbons (Fsp3) is 0.333. The van der Waals surface area contributed by atoms with Crippen molar-refractivity contribution in [1.82, 2.24) is 9.47 Å². The average molecular weight is 346 g/mol. The van der Waals surface area contributed by atoms with E-state index >= 15 is 0 Å². The van der Waals surface area contributed by atoms with Gasteiger partial charge in [0.1, 0.15) is 5.82 Å². The molecule has 0 spiro atoms. The molecule has 0 aliphatic carbocycles. The number of terminal acetylenes is 1. The van der Waals surface area contributed by atoms with E-state index in [0.29, 0.717) is 13.1 Å². The Labute approximate surface area is 144 Å². The first-order valence-electron chi connectivity index (χ1n) is 7.55. The van der Waals surface area contributed by atoms with Crippen molar-refractivity contribution in [3.63, 3.8) is 0 Å². The maximum absolute atomic E-state index is 13.0. The van der Waals surface area contributed by atoms with E-state index < -0.39 is 0 Å². The Hall–Kier alpha value is -2.39. The molecule has 1 heterocycles. The van der Waals surface area contributed by atoms with Crippen molar-refractivity contribution in [2.75, 3.05) is 6.54 Å². The smallest absolute Gasteiger partial charge is 0.307 e. The van der Waals surface area contributed by atoms with Crippen LogP contribution in [-0.4, -0.2) is 21.9 Å². The number of hydrogen-bond donors (Lipinski definition) is 0. The summed E-state index contributed by atoms with van der Waals surface area (Å²) in [6, 6.07) is 5.96. The molecule has 0 aliphatic heterocycles. The maximum atomic E-state index is 13.0. The zero-order chi connectivity index (χ0) is 17.7. The Balaban J connectivity index is 2.05. The molecule has 1 aromatic heterocycles. The quantitative estimate of drug-likeness (QED) is 0.755. The number of benzene rings is 1. The number of nitrogens with zero attached hydrogens (tertiary/aromatic N) is 2. The first-order chi connectivity index (χ1) is 11.4. The molecule has 24 heavy (non-hydrogen) atoms. The lowest BCUT2D eigenvalue weighted by atomic mass is 10.2. The second kappa shape index (κ2) is 7.93. The number of carbonyl (C=O) groups is 1. The van der Waals surface area contributed by atoms with E-state index in [0.717, 1.165) is 16.1 Å². The van der Waals surface area contributed by atoms with Gasteiger partial charge in [0.15, 0.2) is 0 Å². The highest BCUT2D eigenvalue weighted by atomic mass is 32.1. The fourth-order valence-corrected chi connectivity index (χ4v) is 3.22. The van der Waals surface area contributed by atoms with Crippen LogP contribution in [0.15, 0.2) is 29.1 Å². The first kappa shape index (κ1) is 18.0. The lowest BCUT2D eigenvalue weighted by Crippen LogP contribution is -2.32. The third kappa shape index (κ3) is 4.33. The van der Waals surface area contributed by atoms with E-state index in [1.165, 1.54) is 28.4 Å². The Kier molecular flexibility index (Phi) is 5.93. The van der Waals surface area contributed by atoms with Crippen LogP contribution in [0.1, 0.15) is 22.6 Å². The number of carbonyl (C=O) groups excluding carboxylic acids is 1. The van der Waals surface area contributed by atoms with E-state index in [4.69, 9.17) is 6.42 Å². The minimum Gasteiger partial charge on any atom is -0.327 e. The SMILES string of the molecule is C#CCN(Cc1ccc(F)cc1)C(=O)CCn1c(C)c(C)sc1=O. The Morgan fingerprint density at radius 1 is 1.33 bits per heavy atom. The molecule has 0 unspecified atom stereocenters. The van der Waals surface area contributed by atoms with Gasteiger partial charge in [-0.05, 0) is 31.5 Å². The highest BCUT2D eigenvalue weighted by Gasteiger charge is 2.15. The van der Waals surface area contributed by atoms with Crippen LogP contribution < -0.4 is 4.87 Å². The number of aromatic nitrogens is 1. The summed E-state index contributed by atoms with van der Waals surface area (Å²) in [7, 11) is 0. The van der Waals surface area contributed by atoms with Gasteiger partial charge in [-0.1, -0.05) is 29.4 Å². The third-order valence-corrected chi connectivity index (χ3v) is 4.84. The summed E-state index contributed by atoms with van der Waals surface area (Å²) in [6.07, 6.45) is 5.54. The van der Waals surface area contributed by atoms with E-state index in [2.05, 4.69) is 5.92 Å². The summed E-state index contributed by atoms with van der Waals surface area (Å²) < 4.78 is 14.6. The van der Waals surface area contributed by atoms with Crippen molar-refractivity contribution >= 4 is 17.2 Å². The summed E-state index contributed by atoms with van der Waals surface area (Å²) in [4.78, 5) is 26.8. The van der Waals surface area contributed by atoms with E-state index in [-0.39, 0.29) is 29.6 Å². The van der Waals surface area contributed by atoms with Crippen LogP contribution in [0.25, 0.3) is 0 Å². The van der Waals surface area contributed by atoms with Crippen LogP contribution >= 0.6 is 11.3 Å². The molecular weight excluding hydrogens is 327 g/mol. The second-order valence-electron chi connectivity index (χ2n) is 5.49. The third-order valence-electron chi connectivity index (χ3n) is 3.85. The van der Waals surface area contributed by atoms with Gasteiger partial charge in [-0.25, -0.2) is 4.39 Å². The second-order valence-corrected chi connectivity index (χ2v) is 6.66. The fourth-order valence-electron chi connectivity index (χ4n) is 2.36. The van der Waals surface area contributed by atoms with Gasteiger partial charge >= 0.3 is 4.87 Å². The number of amides is 1. The summed E-state index contributed by atoms with van der Waals surface area (Å²) in [5.74, 6) is 2.02. The topological polar surface area (TPSA) is 42.3 Å². The number of thiazole rings is 1. The molecule has 0 fully saturated rings. The summed E-state index contributed by atoms with van der Waals surface area (Å²) in [5.41, 5.74) is 1.69. The standard InChI is InChI=1S/C18H19FN2O2S/c1-4-10-20(12-15-5-7-16(19)8-6-15)17(22)9-11-21-13(2)14(3)24-18(21)23/h1,5-8H,9-12H2,2-3H3.